The Morgan fingerprint density at radius 1 is 1.13 bits per heavy atom. The number of halogens is 1. The maximum atomic E-state index is 15.1. The summed E-state index contributed by atoms with van der Waals surface area (Å²) in [6.45, 7) is 10.9. The lowest BCUT2D eigenvalue weighted by atomic mass is 10.1. The average molecular weight is 634 g/mol. The second-order valence-electron chi connectivity index (χ2n) is 10.9. The lowest BCUT2D eigenvalue weighted by Gasteiger charge is -2.18. The van der Waals surface area contributed by atoms with Gasteiger partial charge in [-0.3, -0.25) is 5.32 Å². The van der Waals surface area contributed by atoms with E-state index < -0.39 is 23.6 Å². The molecule has 5 rings (SSSR count). The van der Waals surface area contributed by atoms with Gasteiger partial charge < -0.3 is 24.1 Å². The summed E-state index contributed by atoms with van der Waals surface area (Å²) in [5, 5.41) is 13.1. The van der Waals surface area contributed by atoms with Crippen molar-refractivity contribution in [3.05, 3.63) is 72.5 Å². The smallest absolute Gasteiger partial charge is 0.412 e. The number of aryl methyl sites for hydroxylation is 1. The lowest BCUT2D eigenvalue weighted by Crippen LogP contribution is -2.23. The summed E-state index contributed by atoms with van der Waals surface area (Å²) < 4.78 is 37.6. The Balaban J connectivity index is 1.25. The van der Waals surface area contributed by atoms with Crippen molar-refractivity contribution in [2.45, 2.75) is 45.8 Å². The van der Waals surface area contributed by atoms with Crippen LogP contribution in [-0.4, -0.2) is 56.6 Å². The van der Waals surface area contributed by atoms with Crippen LogP contribution in [0.15, 0.2) is 61.1 Å². The summed E-state index contributed by atoms with van der Waals surface area (Å²) in [5.41, 5.74) is 3.00. The molecule has 0 bridgehead atoms. The average Bonchev–Trinajstić information content (AvgIpc) is 3.38. The monoisotopic (exact) mass is 633 g/mol. The molecule has 0 saturated carbocycles. The van der Waals surface area contributed by atoms with Crippen LogP contribution in [0.4, 0.5) is 14.9 Å². The van der Waals surface area contributed by atoms with Gasteiger partial charge in [0.1, 0.15) is 10.8 Å². The van der Waals surface area contributed by atoms with Gasteiger partial charge >= 0.3 is 6.09 Å². The van der Waals surface area contributed by atoms with Gasteiger partial charge in [-0.15, -0.1) is 11.3 Å². The van der Waals surface area contributed by atoms with Crippen LogP contribution >= 0.6 is 11.3 Å². The largest absolute Gasteiger partial charge is 0.480 e. The molecular weight excluding hydrogens is 601 g/mol. The van der Waals surface area contributed by atoms with E-state index in [1.54, 1.807) is 33.0 Å². The minimum Gasteiger partial charge on any atom is -0.480 e. The Hall–Kier alpha value is -4.88. The summed E-state index contributed by atoms with van der Waals surface area (Å²) in [6.07, 6.45) is 1.71. The van der Waals surface area contributed by atoms with Gasteiger partial charge in [0.25, 0.3) is 0 Å². The van der Waals surface area contributed by atoms with Crippen molar-refractivity contribution in [3.63, 3.8) is 0 Å². The Kier molecular flexibility index (Phi) is 9.11. The summed E-state index contributed by atoms with van der Waals surface area (Å²) >= 11 is 1.35. The van der Waals surface area contributed by atoms with Crippen LogP contribution in [0.5, 0.6) is 17.5 Å². The van der Waals surface area contributed by atoms with E-state index in [1.807, 2.05) is 19.1 Å². The predicted octanol–water partition coefficient (Wildman–Crippen LogP) is 6.83. The van der Waals surface area contributed by atoms with Crippen LogP contribution in [0.25, 0.3) is 31.8 Å². The molecule has 45 heavy (non-hydrogen) atoms. The molecule has 11 nitrogen and oxygen atoms in total. The molecule has 0 aliphatic rings. The van der Waals surface area contributed by atoms with Gasteiger partial charge in [-0.2, -0.15) is 0 Å². The first-order valence-electron chi connectivity index (χ1n) is 14.0. The Morgan fingerprint density at radius 3 is 2.69 bits per heavy atom. The van der Waals surface area contributed by atoms with Crippen LogP contribution in [0.1, 0.15) is 32.8 Å². The van der Waals surface area contributed by atoms with Gasteiger partial charge in [-0.05, 0) is 51.5 Å². The van der Waals surface area contributed by atoms with Gasteiger partial charge in [0.2, 0.25) is 11.8 Å². The van der Waals surface area contributed by atoms with Crippen LogP contribution in [0.3, 0.4) is 0 Å². The molecule has 3 heterocycles. The number of thiazole rings is 1. The second kappa shape index (κ2) is 13.0. The Morgan fingerprint density at radius 2 is 1.93 bits per heavy atom. The standard InChI is InChI=1S/C32H32FN5O6S/c1-17-11-21(29-24(12-17)37-28(41-6)16-35-29)30-38-23-14-22(33)25(15-26(23)45-30)43-18(2)19(3)44-31(39)36-20-7-9-34-27(13-20)42-10-8-32(4,5)40/h7,9,11-16,19,40H,2,8,10H2,1,3-6H3,(H,34,36,39)/t19-/m1/s1. The van der Waals surface area contributed by atoms with Crippen LogP contribution in [-0.2, 0) is 4.74 Å². The molecule has 0 aliphatic heterocycles. The molecule has 1 amide bonds. The molecule has 0 saturated heterocycles. The molecule has 0 fully saturated rings. The SMILES string of the molecule is C=C(Oc1cc2sc(-c3cc(C)cc4nc(OC)cnc34)nc2cc1F)[C@@H](C)OC(=O)Nc1ccnc(OCCC(C)(C)O)c1. The van der Waals surface area contributed by atoms with E-state index in [-0.39, 0.29) is 24.0 Å². The third kappa shape index (κ3) is 7.80. The van der Waals surface area contributed by atoms with Crippen molar-refractivity contribution in [2.75, 3.05) is 19.0 Å². The van der Waals surface area contributed by atoms with Crippen molar-refractivity contribution in [3.8, 4) is 28.1 Å². The normalized spacial score (nSPS) is 12.2. The van der Waals surface area contributed by atoms with E-state index >= 15 is 4.39 Å². The number of hydrogen-bond acceptors (Lipinski definition) is 11. The maximum Gasteiger partial charge on any atom is 0.412 e. The van der Waals surface area contributed by atoms with E-state index in [9.17, 15) is 9.90 Å². The number of aromatic nitrogens is 4. The van der Waals surface area contributed by atoms with E-state index in [2.05, 4.69) is 31.8 Å². The van der Waals surface area contributed by atoms with Gasteiger partial charge in [-0.1, -0.05) is 6.58 Å². The van der Waals surface area contributed by atoms with Crippen molar-refractivity contribution >= 4 is 44.4 Å². The third-order valence-electron chi connectivity index (χ3n) is 6.57. The molecule has 3 aromatic heterocycles. The number of nitrogens with one attached hydrogen (secondary N) is 1. The van der Waals surface area contributed by atoms with Crippen molar-refractivity contribution in [2.24, 2.45) is 0 Å². The number of carbonyl (C=O) groups is 1. The first kappa shape index (κ1) is 31.5. The highest BCUT2D eigenvalue weighted by Crippen LogP contribution is 2.37. The number of fused-ring (bicyclic) bond motifs is 2. The number of anilines is 1. The van der Waals surface area contributed by atoms with Crippen LogP contribution < -0.4 is 19.5 Å². The lowest BCUT2D eigenvalue weighted by molar-refractivity contribution is 0.0547. The topological polar surface area (TPSA) is 138 Å². The highest BCUT2D eigenvalue weighted by atomic mass is 32.1. The second-order valence-corrected chi connectivity index (χ2v) is 11.9. The van der Waals surface area contributed by atoms with E-state index in [1.165, 1.54) is 42.8 Å². The predicted molar refractivity (Wildman–Crippen MR) is 169 cm³/mol. The summed E-state index contributed by atoms with van der Waals surface area (Å²) in [5.74, 6) is -0.0336. The minimum absolute atomic E-state index is 0.0207. The van der Waals surface area contributed by atoms with Gasteiger partial charge in [0.15, 0.2) is 17.7 Å². The number of ether oxygens (including phenoxy) is 4. The molecule has 2 N–H and O–H groups in total. The highest BCUT2D eigenvalue weighted by Gasteiger charge is 2.20. The molecule has 234 valence electrons. The fraction of sp³-hybridized carbons (Fsp3) is 0.281. The van der Waals surface area contributed by atoms with Crippen LogP contribution in [0, 0.1) is 12.7 Å². The molecule has 0 unspecified atom stereocenters. The molecule has 2 aromatic carbocycles. The quantitative estimate of drug-likeness (QED) is 0.149. The number of nitrogens with zero attached hydrogens (tertiary/aromatic N) is 4. The first-order chi connectivity index (χ1) is 21.4. The van der Waals surface area contributed by atoms with Gasteiger partial charge in [-0.25, -0.2) is 29.1 Å². The van der Waals surface area contributed by atoms with E-state index in [0.717, 1.165) is 11.1 Å². The minimum atomic E-state index is -0.921. The van der Waals surface area contributed by atoms with E-state index in [4.69, 9.17) is 18.9 Å². The number of aliphatic hydroxyl groups is 1. The van der Waals surface area contributed by atoms with Crippen molar-refractivity contribution < 1.29 is 33.2 Å². The Labute approximate surface area is 262 Å². The molecule has 0 radical (unpaired) electrons. The molecule has 13 heteroatoms. The molecule has 0 aliphatic carbocycles. The molecule has 0 spiro atoms. The van der Waals surface area contributed by atoms with Crippen molar-refractivity contribution in [1.29, 1.82) is 0 Å². The molecule has 5 aromatic rings. The number of amides is 1. The first-order valence-corrected chi connectivity index (χ1v) is 14.8. The summed E-state index contributed by atoms with van der Waals surface area (Å²) in [7, 11) is 1.53. The van der Waals surface area contributed by atoms with Crippen LogP contribution in [0.2, 0.25) is 0 Å². The molecule has 1 atom stereocenters. The zero-order valence-corrected chi connectivity index (χ0v) is 26.2. The number of pyridine rings is 1. The highest BCUT2D eigenvalue weighted by molar-refractivity contribution is 7.21. The maximum absolute atomic E-state index is 15.1. The van der Waals surface area contributed by atoms with Gasteiger partial charge in [0, 0.05) is 36.4 Å². The molecular formula is C32H32FN5O6S. The number of hydrogen-bond donors (Lipinski definition) is 2. The summed E-state index contributed by atoms with van der Waals surface area (Å²) in [4.78, 5) is 30.3. The number of methoxy groups -OCH3 is 1. The van der Waals surface area contributed by atoms with E-state index in [0.29, 0.717) is 44.2 Å². The van der Waals surface area contributed by atoms with Crippen molar-refractivity contribution in [1.82, 2.24) is 19.9 Å². The Bertz CT molecular complexity index is 1890. The summed E-state index contributed by atoms with van der Waals surface area (Å²) in [6, 6.07) is 9.78. The zero-order valence-electron chi connectivity index (χ0n) is 25.4. The third-order valence-corrected chi connectivity index (χ3v) is 7.63. The fourth-order valence-electron chi connectivity index (χ4n) is 4.20. The number of benzene rings is 2. The zero-order chi connectivity index (χ0) is 32.3. The van der Waals surface area contributed by atoms with Gasteiger partial charge in [0.05, 0.1) is 52.5 Å². The number of carbonyl (C=O) groups excluding carboxylic acids is 1. The number of rotatable bonds is 11. The fourth-order valence-corrected chi connectivity index (χ4v) is 5.19.